The number of rotatable bonds is 8. The third kappa shape index (κ3) is 6.01. The lowest BCUT2D eigenvalue weighted by Crippen LogP contribution is -2.15. The largest absolute Gasteiger partial charge is 0.497 e. The summed E-state index contributed by atoms with van der Waals surface area (Å²) in [5.41, 5.74) is 2.05. The molecule has 4 aromatic rings. The molecular formula is C23H20ClN5O4S2. The van der Waals surface area contributed by atoms with Crippen LogP contribution in [-0.4, -0.2) is 42.0 Å². The molecule has 12 heteroatoms. The Morgan fingerprint density at radius 2 is 1.69 bits per heavy atom. The number of nitrogens with two attached hydrogens (primary N) is 1. The molecule has 0 spiro atoms. The van der Waals surface area contributed by atoms with Gasteiger partial charge in [-0.25, -0.2) is 13.6 Å². The molecule has 0 fully saturated rings. The van der Waals surface area contributed by atoms with Gasteiger partial charge in [0.25, 0.3) is 0 Å². The van der Waals surface area contributed by atoms with E-state index in [1.165, 1.54) is 36.0 Å². The molecule has 0 saturated carbocycles. The third-order valence-corrected chi connectivity index (χ3v) is 6.98. The predicted molar refractivity (Wildman–Crippen MR) is 136 cm³/mol. The van der Waals surface area contributed by atoms with Crippen LogP contribution in [-0.2, 0) is 14.8 Å². The Morgan fingerprint density at radius 3 is 2.29 bits per heavy atom. The molecule has 9 nitrogen and oxygen atoms in total. The molecule has 3 N–H and O–H groups in total. The lowest BCUT2D eigenvalue weighted by molar-refractivity contribution is -0.113. The monoisotopic (exact) mass is 529 g/mol. The number of hydrogen-bond donors (Lipinski definition) is 2. The van der Waals surface area contributed by atoms with Gasteiger partial charge in [-0.1, -0.05) is 23.4 Å². The Morgan fingerprint density at radius 1 is 1.03 bits per heavy atom. The van der Waals surface area contributed by atoms with Crippen LogP contribution in [0, 0.1) is 0 Å². The van der Waals surface area contributed by atoms with Crippen molar-refractivity contribution < 1.29 is 17.9 Å². The topological polar surface area (TPSA) is 129 Å². The van der Waals surface area contributed by atoms with E-state index in [0.717, 1.165) is 11.3 Å². The van der Waals surface area contributed by atoms with E-state index in [1.807, 2.05) is 41.0 Å². The van der Waals surface area contributed by atoms with Crippen LogP contribution in [0.25, 0.3) is 17.1 Å². The number of ether oxygens (including phenoxy) is 1. The number of hydrogen-bond acceptors (Lipinski definition) is 7. The molecule has 0 atom stereocenters. The molecule has 1 heterocycles. The summed E-state index contributed by atoms with van der Waals surface area (Å²) >= 11 is 7.24. The molecule has 0 aliphatic rings. The first-order valence-electron chi connectivity index (χ1n) is 10.2. The summed E-state index contributed by atoms with van der Waals surface area (Å²) in [4.78, 5) is 12.5. The highest BCUT2D eigenvalue weighted by atomic mass is 35.5. The lowest BCUT2D eigenvalue weighted by atomic mass is 10.2. The van der Waals surface area contributed by atoms with Crippen LogP contribution < -0.4 is 15.2 Å². The maximum absolute atomic E-state index is 12.5. The number of benzene rings is 3. The molecule has 0 radical (unpaired) electrons. The van der Waals surface area contributed by atoms with Crippen LogP contribution in [0.15, 0.2) is 82.8 Å². The van der Waals surface area contributed by atoms with Crippen LogP contribution in [0.3, 0.4) is 0 Å². The number of primary sulfonamides is 1. The van der Waals surface area contributed by atoms with Gasteiger partial charge >= 0.3 is 0 Å². The van der Waals surface area contributed by atoms with E-state index in [9.17, 15) is 13.2 Å². The standard InChI is InChI=1S/C23H20ClN5O4S2/c1-33-19-10-8-18(9-11-19)29-22(15-2-4-16(24)5-3-15)27-28-23(29)34-14-21(30)26-17-6-12-20(13-7-17)35(25,31)32/h2-13H,14H2,1H3,(H,26,30)(H2,25,31,32). The van der Waals surface area contributed by atoms with Crippen LogP contribution in [0.4, 0.5) is 5.69 Å². The second-order valence-electron chi connectivity index (χ2n) is 7.25. The third-order valence-electron chi connectivity index (χ3n) is 4.87. The summed E-state index contributed by atoms with van der Waals surface area (Å²) in [5.74, 6) is 1.05. The minimum atomic E-state index is -3.80. The number of carbonyl (C=O) groups is 1. The number of aromatic nitrogens is 3. The van der Waals surface area contributed by atoms with Gasteiger partial charge in [-0.2, -0.15) is 0 Å². The van der Waals surface area contributed by atoms with Gasteiger partial charge < -0.3 is 10.1 Å². The van der Waals surface area contributed by atoms with Crippen LogP contribution >= 0.6 is 23.4 Å². The van der Waals surface area contributed by atoms with Crippen LogP contribution in [0.5, 0.6) is 5.75 Å². The normalized spacial score (nSPS) is 11.3. The van der Waals surface area contributed by atoms with Crippen molar-refractivity contribution in [3.8, 4) is 22.8 Å². The van der Waals surface area contributed by atoms with E-state index in [4.69, 9.17) is 21.5 Å². The number of anilines is 1. The van der Waals surface area contributed by atoms with Gasteiger partial charge in [0.15, 0.2) is 11.0 Å². The van der Waals surface area contributed by atoms with Crippen molar-refractivity contribution in [2.75, 3.05) is 18.2 Å². The number of nitrogens with zero attached hydrogens (tertiary/aromatic N) is 3. The number of amides is 1. The van der Waals surface area contributed by atoms with Crippen LogP contribution in [0.1, 0.15) is 0 Å². The Balaban J connectivity index is 1.56. The number of sulfonamides is 1. The Kier molecular flexibility index (Phi) is 7.41. The highest BCUT2D eigenvalue weighted by molar-refractivity contribution is 7.99. The first kappa shape index (κ1) is 24.7. The van der Waals surface area contributed by atoms with Crippen molar-refractivity contribution in [3.05, 3.63) is 77.8 Å². The van der Waals surface area contributed by atoms with Crippen molar-refractivity contribution in [2.45, 2.75) is 10.1 Å². The number of thioether (sulfide) groups is 1. The van der Waals surface area contributed by atoms with Crippen molar-refractivity contribution in [1.29, 1.82) is 0 Å². The average molecular weight is 530 g/mol. The molecule has 0 unspecified atom stereocenters. The summed E-state index contributed by atoms with van der Waals surface area (Å²) in [6, 6.07) is 20.2. The Hall–Kier alpha value is -3.38. The predicted octanol–water partition coefficient (Wildman–Crippen LogP) is 3.97. The number of methoxy groups -OCH3 is 1. The molecule has 0 aliphatic heterocycles. The quantitative estimate of drug-likeness (QED) is 0.330. The van der Waals surface area contributed by atoms with Gasteiger partial charge in [0.1, 0.15) is 5.75 Å². The molecule has 4 rings (SSSR count). The van der Waals surface area contributed by atoms with E-state index in [1.54, 1.807) is 19.2 Å². The maximum atomic E-state index is 12.5. The molecule has 0 aliphatic carbocycles. The molecular weight excluding hydrogens is 510 g/mol. The number of nitrogens with one attached hydrogen (secondary N) is 1. The minimum absolute atomic E-state index is 0.0350. The summed E-state index contributed by atoms with van der Waals surface area (Å²) in [6.07, 6.45) is 0. The Labute approximate surface area is 211 Å². The smallest absolute Gasteiger partial charge is 0.238 e. The van der Waals surface area contributed by atoms with Gasteiger partial charge in [-0.15, -0.1) is 10.2 Å². The zero-order chi connectivity index (χ0) is 25.0. The molecule has 3 aromatic carbocycles. The number of carbonyl (C=O) groups excluding carboxylic acids is 1. The van der Waals surface area contributed by atoms with Gasteiger partial charge in [-0.05, 0) is 72.8 Å². The first-order chi connectivity index (χ1) is 16.7. The van der Waals surface area contributed by atoms with Crippen molar-refractivity contribution in [3.63, 3.8) is 0 Å². The first-order valence-corrected chi connectivity index (χ1v) is 13.1. The van der Waals surface area contributed by atoms with Crippen LogP contribution in [0.2, 0.25) is 5.02 Å². The fourth-order valence-electron chi connectivity index (χ4n) is 3.17. The highest BCUT2D eigenvalue weighted by Gasteiger charge is 2.18. The van der Waals surface area contributed by atoms with E-state index in [2.05, 4.69) is 15.5 Å². The minimum Gasteiger partial charge on any atom is -0.497 e. The van der Waals surface area contributed by atoms with Crippen molar-refractivity contribution >= 4 is 45.0 Å². The van der Waals surface area contributed by atoms with E-state index < -0.39 is 10.0 Å². The summed E-state index contributed by atoms with van der Waals surface area (Å²) in [6.45, 7) is 0. The molecule has 0 saturated heterocycles. The number of halogens is 1. The molecule has 1 amide bonds. The van der Waals surface area contributed by atoms with Crippen molar-refractivity contribution in [2.24, 2.45) is 5.14 Å². The Bertz CT molecular complexity index is 1440. The maximum Gasteiger partial charge on any atom is 0.238 e. The fourth-order valence-corrected chi connectivity index (χ4v) is 4.56. The average Bonchev–Trinajstić information content (AvgIpc) is 3.27. The zero-order valence-corrected chi connectivity index (χ0v) is 20.8. The summed E-state index contributed by atoms with van der Waals surface area (Å²) < 4.78 is 29.9. The summed E-state index contributed by atoms with van der Waals surface area (Å²) in [5, 5.41) is 17.6. The van der Waals surface area contributed by atoms with E-state index in [-0.39, 0.29) is 16.6 Å². The molecule has 180 valence electrons. The second-order valence-corrected chi connectivity index (χ2v) is 10.2. The van der Waals surface area contributed by atoms with Gasteiger partial charge in [0.05, 0.1) is 17.8 Å². The molecule has 1 aromatic heterocycles. The second kappa shape index (κ2) is 10.5. The summed E-state index contributed by atoms with van der Waals surface area (Å²) in [7, 11) is -2.21. The van der Waals surface area contributed by atoms with Gasteiger partial charge in [0, 0.05) is 22.0 Å². The fraction of sp³-hybridized carbons (Fsp3) is 0.0870. The van der Waals surface area contributed by atoms with E-state index in [0.29, 0.717) is 27.4 Å². The van der Waals surface area contributed by atoms with Crippen molar-refractivity contribution in [1.82, 2.24) is 14.8 Å². The molecule has 35 heavy (non-hydrogen) atoms. The van der Waals surface area contributed by atoms with Gasteiger partial charge in [0.2, 0.25) is 15.9 Å². The molecule has 0 bridgehead atoms. The lowest BCUT2D eigenvalue weighted by Gasteiger charge is -2.11. The van der Waals surface area contributed by atoms with Gasteiger partial charge in [-0.3, -0.25) is 9.36 Å². The SMILES string of the molecule is COc1ccc(-n2c(SCC(=O)Nc3ccc(S(N)(=O)=O)cc3)nnc2-c2ccc(Cl)cc2)cc1. The highest BCUT2D eigenvalue weighted by Crippen LogP contribution is 2.29. The van der Waals surface area contributed by atoms with E-state index >= 15 is 0 Å². The zero-order valence-electron chi connectivity index (χ0n) is 18.4.